The Morgan fingerprint density at radius 2 is 2.28 bits per heavy atom. The molecule has 1 aromatic rings. The van der Waals surface area contributed by atoms with Gasteiger partial charge in [0.1, 0.15) is 0 Å². The zero-order valence-electron chi connectivity index (χ0n) is 11.5. The van der Waals surface area contributed by atoms with Crippen LogP contribution in [0.1, 0.15) is 39.5 Å². The standard InChI is InChI=1S/C12H24N4OS/c1-4-8-16-11(17)14-15-12(16)18-9-6-5-7-10(2)13-3/h10,13H,4-9H2,1-3H3,(H,14,17). The lowest BCUT2D eigenvalue weighted by atomic mass is 10.1. The van der Waals surface area contributed by atoms with E-state index in [9.17, 15) is 4.79 Å². The number of hydrogen-bond donors (Lipinski definition) is 2. The molecule has 2 N–H and O–H groups in total. The first-order valence-corrected chi connectivity index (χ1v) is 7.62. The van der Waals surface area contributed by atoms with Gasteiger partial charge >= 0.3 is 5.69 Å². The molecular formula is C12H24N4OS. The fourth-order valence-corrected chi connectivity index (χ4v) is 2.67. The molecule has 104 valence electrons. The van der Waals surface area contributed by atoms with Gasteiger partial charge in [0.15, 0.2) is 5.16 Å². The molecular weight excluding hydrogens is 248 g/mol. The Bertz CT molecular complexity index is 388. The molecule has 0 aliphatic carbocycles. The van der Waals surface area contributed by atoms with Crippen molar-refractivity contribution in [3.63, 3.8) is 0 Å². The van der Waals surface area contributed by atoms with Crippen molar-refractivity contribution in [2.75, 3.05) is 12.8 Å². The third-order valence-electron chi connectivity index (χ3n) is 2.93. The number of nitrogens with zero attached hydrogens (tertiary/aromatic N) is 2. The lowest BCUT2D eigenvalue weighted by Crippen LogP contribution is -2.20. The van der Waals surface area contributed by atoms with E-state index in [1.54, 1.807) is 16.3 Å². The molecule has 0 amide bonds. The second-order valence-corrected chi connectivity index (χ2v) is 5.56. The van der Waals surface area contributed by atoms with Crippen LogP contribution in [0.4, 0.5) is 0 Å². The average Bonchev–Trinajstić information content (AvgIpc) is 2.71. The van der Waals surface area contributed by atoms with Gasteiger partial charge in [-0.1, -0.05) is 25.1 Å². The van der Waals surface area contributed by atoms with E-state index in [0.717, 1.165) is 30.3 Å². The van der Waals surface area contributed by atoms with Gasteiger partial charge in [-0.3, -0.25) is 4.57 Å². The van der Waals surface area contributed by atoms with Gasteiger partial charge in [-0.05, 0) is 33.2 Å². The van der Waals surface area contributed by atoms with Crippen LogP contribution in [-0.2, 0) is 6.54 Å². The summed E-state index contributed by atoms with van der Waals surface area (Å²) in [7, 11) is 1.99. The molecule has 0 aromatic carbocycles. The van der Waals surface area contributed by atoms with Crippen molar-refractivity contribution in [1.29, 1.82) is 0 Å². The number of hydrogen-bond acceptors (Lipinski definition) is 4. The monoisotopic (exact) mass is 272 g/mol. The maximum atomic E-state index is 11.5. The van der Waals surface area contributed by atoms with Gasteiger partial charge in [-0.2, -0.15) is 0 Å². The number of aromatic amines is 1. The molecule has 0 radical (unpaired) electrons. The lowest BCUT2D eigenvalue weighted by molar-refractivity contribution is 0.538. The molecule has 1 rings (SSSR count). The highest BCUT2D eigenvalue weighted by Crippen LogP contribution is 2.16. The van der Waals surface area contributed by atoms with Crippen LogP contribution in [0.2, 0.25) is 0 Å². The van der Waals surface area contributed by atoms with E-state index in [1.165, 1.54) is 12.8 Å². The third-order valence-corrected chi connectivity index (χ3v) is 3.99. The van der Waals surface area contributed by atoms with Crippen LogP contribution in [0.5, 0.6) is 0 Å². The van der Waals surface area contributed by atoms with Crippen molar-refractivity contribution in [3.05, 3.63) is 10.5 Å². The Morgan fingerprint density at radius 1 is 1.50 bits per heavy atom. The summed E-state index contributed by atoms with van der Waals surface area (Å²) in [4.78, 5) is 11.5. The topological polar surface area (TPSA) is 62.7 Å². The van der Waals surface area contributed by atoms with E-state index in [1.807, 2.05) is 7.05 Å². The molecule has 1 unspecified atom stereocenters. The Labute approximate surface area is 113 Å². The van der Waals surface area contributed by atoms with Crippen LogP contribution in [0, 0.1) is 0 Å². The van der Waals surface area contributed by atoms with Crippen molar-refractivity contribution in [3.8, 4) is 0 Å². The highest BCUT2D eigenvalue weighted by Gasteiger charge is 2.07. The molecule has 6 heteroatoms. The van der Waals surface area contributed by atoms with E-state index < -0.39 is 0 Å². The minimum absolute atomic E-state index is 0.0943. The van der Waals surface area contributed by atoms with Crippen LogP contribution < -0.4 is 11.0 Å². The van der Waals surface area contributed by atoms with Gasteiger partial charge in [-0.15, -0.1) is 5.10 Å². The normalized spacial score (nSPS) is 12.8. The quantitative estimate of drug-likeness (QED) is 0.532. The van der Waals surface area contributed by atoms with Crippen molar-refractivity contribution in [2.45, 2.75) is 57.3 Å². The van der Waals surface area contributed by atoms with Crippen LogP contribution in [0.25, 0.3) is 0 Å². The van der Waals surface area contributed by atoms with Gasteiger partial charge in [0.25, 0.3) is 0 Å². The number of H-pyrrole nitrogens is 1. The number of thioether (sulfide) groups is 1. The number of nitrogens with one attached hydrogen (secondary N) is 2. The third kappa shape index (κ3) is 4.86. The van der Waals surface area contributed by atoms with Gasteiger partial charge in [-0.25, -0.2) is 9.89 Å². The van der Waals surface area contributed by atoms with E-state index in [4.69, 9.17) is 0 Å². The number of rotatable bonds is 9. The van der Waals surface area contributed by atoms with Crippen molar-refractivity contribution in [2.24, 2.45) is 0 Å². The zero-order chi connectivity index (χ0) is 13.4. The smallest absolute Gasteiger partial charge is 0.317 e. The minimum Gasteiger partial charge on any atom is -0.317 e. The summed E-state index contributed by atoms with van der Waals surface area (Å²) in [6, 6.07) is 0.582. The molecule has 0 spiro atoms. The second kappa shape index (κ2) is 8.37. The Morgan fingerprint density at radius 3 is 2.94 bits per heavy atom. The molecule has 0 aliphatic rings. The molecule has 0 fully saturated rings. The molecule has 18 heavy (non-hydrogen) atoms. The van der Waals surface area contributed by atoms with Crippen LogP contribution >= 0.6 is 11.8 Å². The SMILES string of the molecule is CCCn1c(SCCCCC(C)NC)n[nH]c1=O. The molecule has 1 atom stereocenters. The number of unbranched alkanes of at least 4 members (excludes halogenated alkanes) is 1. The molecule has 0 saturated carbocycles. The summed E-state index contributed by atoms with van der Waals surface area (Å²) >= 11 is 1.67. The van der Waals surface area contributed by atoms with E-state index >= 15 is 0 Å². The summed E-state index contributed by atoms with van der Waals surface area (Å²) in [5.74, 6) is 1.02. The largest absolute Gasteiger partial charge is 0.343 e. The van der Waals surface area contributed by atoms with Gasteiger partial charge in [0.05, 0.1) is 0 Å². The first-order valence-electron chi connectivity index (χ1n) is 6.64. The highest BCUT2D eigenvalue weighted by atomic mass is 32.2. The van der Waals surface area contributed by atoms with Crippen LogP contribution in [0.3, 0.4) is 0 Å². The maximum absolute atomic E-state index is 11.5. The summed E-state index contributed by atoms with van der Waals surface area (Å²) in [5, 5.41) is 10.6. The van der Waals surface area contributed by atoms with Crippen LogP contribution in [-0.4, -0.2) is 33.6 Å². The lowest BCUT2D eigenvalue weighted by Gasteiger charge is -2.09. The average molecular weight is 272 g/mol. The zero-order valence-corrected chi connectivity index (χ0v) is 12.3. The minimum atomic E-state index is -0.0943. The van der Waals surface area contributed by atoms with E-state index in [-0.39, 0.29) is 5.69 Å². The molecule has 5 nitrogen and oxygen atoms in total. The Kier molecular flexibility index (Phi) is 7.12. The van der Waals surface area contributed by atoms with Crippen molar-refractivity contribution >= 4 is 11.8 Å². The summed E-state index contributed by atoms with van der Waals surface area (Å²) < 4.78 is 1.72. The summed E-state index contributed by atoms with van der Waals surface area (Å²) in [6.07, 6.45) is 4.51. The maximum Gasteiger partial charge on any atom is 0.343 e. The van der Waals surface area contributed by atoms with Crippen LogP contribution in [0.15, 0.2) is 9.95 Å². The van der Waals surface area contributed by atoms with E-state index in [2.05, 4.69) is 29.4 Å². The second-order valence-electron chi connectivity index (χ2n) is 4.50. The van der Waals surface area contributed by atoms with Crippen molar-refractivity contribution < 1.29 is 0 Å². The molecule has 0 aliphatic heterocycles. The van der Waals surface area contributed by atoms with Gasteiger partial charge in [0.2, 0.25) is 0 Å². The highest BCUT2D eigenvalue weighted by molar-refractivity contribution is 7.99. The first-order chi connectivity index (χ1) is 8.69. The molecule has 1 aromatic heterocycles. The predicted molar refractivity (Wildman–Crippen MR) is 76.2 cm³/mol. The molecule has 0 bridgehead atoms. The fourth-order valence-electron chi connectivity index (χ4n) is 1.69. The van der Waals surface area contributed by atoms with Gasteiger partial charge in [0, 0.05) is 18.3 Å². The summed E-state index contributed by atoms with van der Waals surface area (Å²) in [5.41, 5.74) is -0.0943. The van der Waals surface area contributed by atoms with Crippen molar-refractivity contribution in [1.82, 2.24) is 20.1 Å². The van der Waals surface area contributed by atoms with E-state index in [0.29, 0.717) is 6.04 Å². The van der Waals surface area contributed by atoms with Gasteiger partial charge < -0.3 is 5.32 Å². The number of aromatic nitrogens is 3. The predicted octanol–water partition coefficient (Wildman–Crippen LogP) is 1.85. The molecule has 0 saturated heterocycles. The summed E-state index contributed by atoms with van der Waals surface area (Å²) in [6.45, 7) is 5.00. The first kappa shape index (κ1) is 15.3. The Hall–Kier alpha value is -0.750. The Balaban J connectivity index is 2.29. The molecule has 1 heterocycles. The fraction of sp³-hybridized carbons (Fsp3) is 0.833.